The summed E-state index contributed by atoms with van der Waals surface area (Å²) < 4.78 is 31.7. The highest BCUT2D eigenvalue weighted by Gasteiger charge is 2.38. The Morgan fingerprint density at radius 1 is 1.09 bits per heavy atom. The van der Waals surface area contributed by atoms with Gasteiger partial charge in [-0.3, -0.25) is 5.10 Å². The number of alkyl halides is 3. The summed E-state index contributed by atoms with van der Waals surface area (Å²) in [5, 5.41) is 24.7. The zero-order valence-electron chi connectivity index (χ0n) is 11.5. The maximum absolute atomic E-state index is 10.6. The summed E-state index contributed by atoms with van der Waals surface area (Å²) in [5.41, 5.74) is 2.83. The van der Waals surface area contributed by atoms with Gasteiger partial charge in [-0.05, 0) is 12.1 Å². The van der Waals surface area contributed by atoms with Gasteiger partial charge in [-0.1, -0.05) is 30.3 Å². The molecule has 0 spiro atoms. The summed E-state index contributed by atoms with van der Waals surface area (Å²) in [5.74, 6) is -2.51. The second-order valence-corrected chi connectivity index (χ2v) is 4.47. The Morgan fingerprint density at radius 2 is 1.70 bits per heavy atom. The van der Waals surface area contributed by atoms with E-state index >= 15 is 0 Å². The van der Waals surface area contributed by atoms with Gasteiger partial charge in [-0.25, -0.2) is 4.79 Å². The molecule has 1 heterocycles. The van der Waals surface area contributed by atoms with E-state index in [4.69, 9.17) is 9.90 Å². The summed E-state index contributed by atoms with van der Waals surface area (Å²) in [6, 6.07) is 15.2. The number of benzene rings is 2. The van der Waals surface area contributed by atoms with Gasteiger partial charge in [-0.15, -0.1) is 0 Å². The van der Waals surface area contributed by atoms with Crippen molar-refractivity contribution < 1.29 is 28.2 Å². The summed E-state index contributed by atoms with van der Waals surface area (Å²) in [4.78, 5) is 8.90. The fourth-order valence-electron chi connectivity index (χ4n) is 1.82. The van der Waals surface area contributed by atoms with Gasteiger partial charge in [0.2, 0.25) is 0 Å². The van der Waals surface area contributed by atoms with Gasteiger partial charge in [0.05, 0.1) is 11.2 Å². The maximum Gasteiger partial charge on any atom is 0.490 e. The minimum atomic E-state index is -5.08. The number of hydrogen-bond donors (Lipinski definition) is 3. The number of aliphatic carboxylic acids is 1. The van der Waals surface area contributed by atoms with E-state index in [1.54, 1.807) is 12.1 Å². The number of rotatable bonds is 1. The highest BCUT2D eigenvalue weighted by molar-refractivity contribution is 5.93. The third kappa shape index (κ3) is 4.00. The zero-order valence-corrected chi connectivity index (χ0v) is 11.5. The number of halogens is 3. The smallest absolute Gasteiger partial charge is 0.490 e. The number of hydrogen-bond acceptors (Lipinski definition) is 3. The number of aromatic hydroxyl groups is 1. The van der Waals surface area contributed by atoms with Crippen molar-refractivity contribution in [3.8, 4) is 17.0 Å². The molecule has 3 rings (SSSR count). The first kappa shape index (κ1) is 16.3. The first-order valence-electron chi connectivity index (χ1n) is 6.31. The number of H-pyrrole nitrogens is 1. The molecule has 1 aromatic heterocycles. The van der Waals surface area contributed by atoms with Crippen molar-refractivity contribution in [3.05, 3.63) is 48.5 Å². The Labute approximate surface area is 128 Å². The third-order valence-electron chi connectivity index (χ3n) is 2.84. The van der Waals surface area contributed by atoms with E-state index < -0.39 is 12.1 Å². The SMILES string of the molecule is O=C(O)C(F)(F)F.Oc1ccc2c(-c3ccccc3)n[nH]c2c1. The summed E-state index contributed by atoms with van der Waals surface area (Å²) in [6.45, 7) is 0. The van der Waals surface area contributed by atoms with Crippen LogP contribution in [0.2, 0.25) is 0 Å². The van der Waals surface area contributed by atoms with Crippen LogP contribution in [-0.2, 0) is 4.79 Å². The van der Waals surface area contributed by atoms with E-state index in [1.807, 2.05) is 36.4 Å². The first-order chi connectivity index (χ1) is 10.8. The van der Waals surface area contributed by atoms with Crippen molar-refractivity contribution in [2.45, 2.75) is 6.18 Å². The summed E-state index contributed by atoms with van der Waals surface area (Å²) >= 11 is 0. The Kier molecular flexibility index (Phi) is 4.54. The number of carboxylic acid groups (broad SMARTS) is 1. The van der Waals surface area contributed by atoms with Crippen molar-refractivity contribution in [1.29, 1.82) is 0 Å². The van der Waals surface area contributed by atoms with Crippen LogP contribution < -0.4 is 0 Å². The lowest BCUT2D eigenvalue weighted by Gasteiger charge is -1.97. The average molecular weight is 324 g/mol. The minimum Gasteiger partial charge on any atom is -0.508 e. The molecule has 0 aliphatic heterocycles. The predicted octanol–water partition coefficient (Wildman–Crippen LogP) is 3.57. The quantitative estimate of drug-likeness (QED) is 0.639. The lowest BCUT2D eigenvalue weighted by atomic mass is 10.1. The molecule has 0 aliphatic rings. The zero-order chi connectivity index (χ0) is 17.0. The highest BCUT2D eigenvalue weighted by atomic mass is 19.4. The molecule has 120 valence electrons. The summed E-state index contributed by atoms with van der Waals surface area (Å²) in [6.07, 6.45) is -5.08. The topological polar surface area (TPSA) is 86.2 Å². The molecule has 5 nitrogen and oxygen atoms in total. The number of phenols is 1. The molecule has 0 fully saturated rings. The standard InChI is InChI=1S/C13H10N2O.C2HF3O2/c16-10-6-7-11-12(8-10)14-15-13(11)9-4-2-1-3-5-9;3-2(4,5)1(6)7/h1-8,16H,(H,14,15);(H,6,7). The Balaban J connectivity index is 0.000000236. The highest BCUT2D eigenvalue weighted by Crippen LogP contribution is 2.27. The number of carbonyl (C=O) groups is 1. The molecule has 0 amide bonds. The predicted molar refractivity (Wildman–Crippen MR) is 76.9 cm³/mol. The van der Waals surface area contributed by atoms with Gasteiger partial charge in [0, 0.05) is 17.0 Å². The molecule has 0 radical (unpaired) electrons. The van der Waals surface area contributed by atoms with E-state index in [2.05, 4.69) is 10.2 Å². The van der Waals surface area contributed by atoms with E-state index in [-0.39, 0.29) is 5.75 Å². The molecule has 8 heteroatoms. The van der Waals surface area contributed by atoms with Crippen LogP contribution in [0.25, 0.3) is 22.2 Å². The maximum atomic E-state index is 10.6. The Bertz CT molecular complexity index is 814. The Morgan fingerprint density at radius 3 is 2.26 bits per heavy atom. The second kappa shape index (κ2) is 6.39. The molecule has 0 atom stereocenters. The Hall–Kier alpha value is -3.03. The molecule has 0 saturated carbocycles. The fourth-order valence-corrected chi connectivity index (χ4v) is 1.82. The van der Waals surface area contributed by atoms with Crippen molar-refractivity contribution in [2.75, 3.05) is 0 Å². The molecular weight excluding hydrogens is 313 g/mol. The average Bonchev–Trinajstić information content (AvgIpc) is 2.90. The lowest BCUT2D eigenvalue weighted by molar-refractivity contribution is -0.192. The van der Waals surface area contributed by atoms with Crippen LogP contribution in [0.15, 0.2) is 48.5 Å². The number of fused-ring (bicyclic) bond motifs is 1. The number of nitrogens with one attached hydrogen (secondary N) is 1. The number of nitrogens with zero attached hydrogens (tertiary/aromatic N) is 1. The molecule has 23 heavy (non-hydrogen) atoms. The number of phenolic OH excluding ortho intramolecular Hbond substituents is 1. The third-order valence-corrected chi connectivity index (χ3v) is 2.84. The lowest BCUT2D eigenvalue weighted by Crippen LogP contribution is -2.21. The second-order valence-electron chi connectivity index (χ2n) is 4.47. The van der Waals surface area contributed by atoms with E-state index in [0.29, 0.717) is 0 Å². The van der Waals surface area contributed by atoms with Crippen LogP contribution in [0, 0.1) is 0 Å². The van der Waals surface area contributed by atoms with Crippen molar-refractivity contribution in [1.82, 2.24) is 10.2 Å². The van der Waals surface area contributed by atoms with Crippen LogP contribution in [0.4, 0.5) is 13.2 Å². The summed E-state index contributed by atoms with van der Waals surface area (Å²) in [7, 11) is 0. The van der Waals surface area contributed by atoms with Crippen LogP contribution >= 0.6 is 0 Å². The molecule has 0 unspecified atom stereocenters. The largest absolute Gasteiger partial charge is 0.508 e. The van der Waals surface area contributed by atoms with E-state index in [0.717, 1.165) is 22.2 Å². The van der Waals surface area contributed by atoms with Crippen LogP contribution in [0.3, 0.4) is 0 Å². The van der Waals surface area contributed by atoms with E-state index in [1.165, 1.54) is 0 Å². The monoisotopic (exact) mass is 324 g/mol. The van der Waals surface area contributed by atoms with Crippen LogP contribution in [0.1, 0.15) is 0 Å². The van der Waals surface area contributed by atoms with Gasteiger partial charge < -0.3 is 10.2 Å². The molecular formula is C15H11F3N2O3. The molecule has 3 aromatic rings. The van der Waals surface area contributed by atoms with Gasteiger partial charge in [0.25, 0.3) is 0 Å². The molecule has 0 bridgehead atoms. The van der Waals surface area contributed by atoms with Gasteiger partial charge in [-0.2, -0.15) is 18.3 Å². The van der Waals surface area contributed by atoms with Crippen LogP contribution in [-0.4, -0.2) is 32.6 Å². The molecule has 2 aromatic carbocycles. The number of aromatic nitrogens is 2. The molecule has 3 N–H and O–H groups in total. The van der Waals surface area contributed by atoms with Gasteiger partial charge >= 0.3 is 12.1 Å². The van der Waals surface area contributed by atoms with Gasteiger partial charge in [0.15, 0.2) is 0 Å². The number of aromatic amines is 1. The number of carboxylic acids is 1. The van der Waals surface area contributed by atoms with Crippen molar-refractivity contribution >= 4 is 16.9 Å². The normalized spacial score (nSPS) is 10.9. The minimum absolute atomic E-state index is 0.246. The van der Waals surface area contributed by atoms with Crippen molar-refractivity contribution in [3.63, 3.8) is 0 Å². The molecule has 0 aliphatic carbocycles. The van der Waals surface area contributed by atoms with E-state index in [9.17, 15) is 18.3 Å². The van der Waals surface area contributed by atoms with Crippen molar-refractivity contribution in [2.24, 2.45) is 0 Å². The molecule has 0 saturated heterocycles. The van der Waals surface area contributed by atoms with Crippen LogP contribution in [0.5, 0.6) is 5.75 Å². The fraction of sp³-hybridized carbons (Fsp3) is 0.0667. The first-order valence-corrected chi connectivity index (χ1v) is 6.31. The van der Waals surface area contributed by atoms with Gasteiger partial charge in [0.1, 0.15) is 5.75 Å².